The summed E-state index contributed by atoms with van der Waals surface area (Å²) in [5, 5.41) is 8.94. The summed E-state index contributed by atoms with van der Waals surface area (Å²) >= 11 is 1.44. The molecule has 0 spiro atoms. The number of nitrogens with zero attached hydrogens (tertiary/aromatic N) is 2. The lowest BCUT2D eigenvalue weighted by Gasteiger charge is -2.29. The van der Waals surface area contributed by atoms with Gasteiger partial charge in [0.1, 0.15) is 36.5 Å². The van der Waals surface area contributed by atoms with E-state index in [-0.39, 0.29) is 25.2 Å². The van der Waals surface area contributed by atoms with Gasteiger partial charge in [-0.2, -0.15) is 17.7 Å². The van der Waals surface area contributed by atoms with Crippen molar-refractivity contribution in [3.8, 4) is 5.75 Å². The van der Waals surface area contributed by atoms with Crippen LogP contribution in [0.2, 0.25) is 0 Å². The maximum absolute atomic E-state index is 13.7. The summed E-state index contributed by atoms with van der Waals surface area (Å²) in [5.74, 6) is 18.9. The molecule has 0 unspecified atom stereocenters. The van der Waals surface area contributed by atoms with E-state index in [2.05, 4.69) is 26.2 Å². The molecule has 0 heterocycles. The number of carbonyl (C=O) groups is 6. The monoisotopic (exact) mass is 731 g/mol. The fourth-order valence-corrected chi connectivity index (χ4v) is 5.30. The molecule has 0 saturated heterocycles. The quantitative estimate of drug-likeness (QED) is 0.0360. The Morgan fingerprint density at radius 2 is 1.49 bits per heavy atom. The van der Waals surface area contributed by atoms with Gasteiger partial charge in [-0.1, -0.05) is 56.3 Å². The molecular weight excluding hydrogens is 682 g/mol. The molecule has 51 heavy (non-hydrogen) atoms. The molecular formula is C32H49N11O7S. The predicted molar refractivity (Wildman–Crippen MR) is 191 cm³/mol. The fourth-order valence-electron chi connectivity index (χ4n) is 4.83. The van der Waals surface area contributed by atoms with Gasteiger partial charge in [0.15, 0.2) is 0 Å². The van der Waals surface area contributed by atoms with E-state index < -0.39 is 72.7 Å². The number of amides is 6. The lowest BCUT2D eigenvalue weighted by atomic mass is 10.0. The first-order valence-corrected chi connectivity index (χ1v) is 17.4. The Labute approximate surface area is 300 Å². The van der Waals surface area contributed by atoms with Gasteiger partial charge in [-0.3, -0.25) is 44.6 Å². The lowest BCUT2D eigenvalue weighted by Crippen LogP contribution is -2.60. The van der Waals surface area contributed by atoms with Crippen LogP contribution in [0.5, 0.6) is 5.75 Å². The first-order valence-electron chi connectivity index (χ1n) is 16.0. The van der Waals surface area contributed by atoms with Crippen molar-refractivity contribution < 1.29 is 33.6 Å². The molecule has 2 aromatic carbocycles. The number of primary amides is 1. The summed E-state index contributed by atoms with van der Waals surface area (Å²) in [5.41, 5.74) is 9.20. The second-order valence-corrected chi connectivity index (χ2v) is 12.9. The minimum Gasteiger partial charge on any atom is -0.412 e. The SMILES string of the molecule is CSCC[C@H](NC(=O)[C@H](Cc1ccccc1)N(N)C(=O)CNC(=O)CN(N)C(=O)[C@H](Cc1ccc(ON)cc1)NN)C(=O)N[C@H](C(N)=O)C(C)C. The first-order chi connectivity index (χ1) is 24.2. The number of hydrogen-bond acceptors (Lipinski definition) is 13. The van der Waals surface area contributed by atoms with E-state index in [1.54, 1.807) is 68.4 Å². The molecule has 0 radical (unpaired) electrons. The van der Waals surface area contributed by atoms with Crippen molar-refractivity contribution in [2.75, 3.05) is 25.1 Å². The lowest BCUT2D eigenvalue weighted by molar-refractivity contribution is -0.142. The highest BCUT2D eigenvalue weighted by atomic mass is 32.2. The molecule has 0 fully saturated rings. The van der Waals surface area contributed by atoms with E-state index >= 15 is 0 Å². The molecule has 0 aliphatic rings. The number of nitrogens with one attached hydrogen (secondary N) is 4. The molecule has 18 nitrogen and oxygen atoms in total. The van der Waals surface area contributed by atoms with Gasteiger partial charge in [0.2, 0.25) is 23.6 Å². The Balaban J connectivity index is 2.11. The summed E-state index contributed by atoms with van der Waals surface area (Å²) in [6.07, 6.45) is 2.13. The number of hydrazine groups is 3. The Morgan fingerprint density at radius 3 is 2.04 bits per heavy atom. The summed E-state index contributed by atoms with van der Waals surface area (Å²) in [7, 11) is 0. The minimum atomic E-state index is -1.31. The van der Waals surface area contributed by atoms with Crippen molar-refractivity contribution in [2.24, 2.45) is 35.1 Å². The van der Waals surface area contributed by atoms with Crippen LogP contribution >= 0.6 is 11.8 Å². The van der Waals surface area contributed by atoms with Gasteiger partial charge < -0.3 is 26.5 Å². The van der Waals surface area contributed by atoms with Crippen molar-refractivity contribution >= 4 is 47.2 Å². The number of carbonyl (C=O) groups excluding carboxylic acids is 6. The fraction of sp³-hybridized carbons (Fsp3) is 0.438. The van der Waals surface area contributed by atoms with Crippen molar-refractivity contribution in [3.63, 3.8) is 0 Å². The third-order valence-electron chi connectivity index (χ3n) is 7.75. The zero-order chi connectivity index (χ0) is 38.1. The Kier molecular flexibility index (Phi) is 17.8. The van der Waals surface area contributed by atoms with Crippen LogP contribution in [0.25, 0.3) is 0 Å². The molecule has 14 N–H and O–H groups in total. The molecule has 19 heteroatoms. The maximum Gasteiger partial charge on any atom is 0.256 e. The Hall–Kier alpha value is -4.79. The minimum absolute atomic E-state index is 0.0316. The molecule has 0 aromatic heterocycles. The molecule has 4 atom stereocenters. The Morgan fingerprint density at radius 1 is 0.863 bits per heavy atom. The van der Waals surface area contributed by atoms with Crippen LogP contribution in [-0.2, 0) is 41.6 Å². The smallest absolute Gasteiger partial charge is 0.256 e. The van der Waals surface area contributed by atoms with E-state index in [1.165, 1.54) is 11.8 Å². The van der Waals surface area contributed by atoms with Crippen LogP contribution in [0, 0.1) is 5.92 Å². The summed E-state index contributed by atoms with van der Waals surface area (Å²) in [6, 6.07) is 10.9. The average Bonchev–Trinajstić information content (AvgIpc) is 3.11. The van der Waals surface area contributed by atoms with Crippen LogP contribution in [0.3, 0.4) is 0 Å². The van der Waals surface area contributed by atoms with E-state index in [0.717, 1.165) is 0 Å². The highest BCUT2D eigenvalue weighted by Gasteiger charge is 2.33. The second kappa shape index (κ2) is 21.4. The van der Waals surface area contributed by atoms with Crippen LogP contribution in [0.1, 0.15) is 31.4 Å². The number of thioether (sulfide) groups is 1. The van der Waals surface area contributed by atoms with E-state index in [9.17, 15) is 28.8 Å². The maximum atomic E-state index is 13.7. The number of rotatable bonds is 21. The summed E-state index contributed by atoms with van der Waals surface area (Å²) in [6.45, 7) is 2.16. The van der Waals surface area contributed by atoms with E-state index in [0.29, 0.717) is 32.6 Å². The molecule has 0 bridgehead atoms. The van der Waals surface area contributed by atoms with Crippen LogP contribution in [0.4, 0.5) is 0 Å². The van der Waals surface area contributed by atoms with Crippen molar-refractivity contribution in [1.82, 2.24) is 31.4 Å². The van der Waals surface area contributed by atoms with Gasteiger partial charge in [-0.25, -0.2) is 17.1 Å². The molecule has 0 saturated carbocycles. The van der Waals surface area contributed by atoms with Gasteiger partial charge in [0, 0.05) is 6.42 Å². The zero-order valence-corrected chi connectivity index (χ0v) is 29.7. The van der Waals surface area contributed by atoms with Gasteiger partial charge in [0.05, 0.1) is 6.54 Å². The third kappa shape index (κ3) is 13.8. The number of nitrogens with two attached hydrogens (primary N) is 5. The molecule has 2 rings (SSSR count). The van der Waals surface area contributed by atoms with Gasteiger partial charge >= 0.3 is 0 Å². The third-order valence-corrected chi connectivity index (χ3v) is 8.39. The number of hydrogen-bond donors (Lipinski definition) is 9. The highest BCUT2D eigenvalue weighted by Crippen LogP contribution is 2.13. The van der Waals surface area contributed by atoms with Gasteiger partial charge in [-0.15, -0.1) is 0 Å². The molecule has 6 amide bonds. The largest absolute Gasteiger partial charge is 0.412 e. The van der Waals surface area contributed by atoms with E-state index in [4.69, 9.17) is 29.2 Å². The predicted octanol–water partition coefficient (Wildman–Crippen LogP) is -2.69. The first kappa shape index (κ1) is 42.4. The standard InChI is InChI=1S/C32H49N11O7S/c1-19(2)28(29(33)46)40-30(47)23(13-14-51-3)39-31(48)25(16-20-7-5-4-6-8-20)43(36)27(45)17-38-26(44)18-42(35)32(49)24(41-34)15-21-9-11-22(50-37)12-10-21/h4-12,19,23-25,28,41H,13-18,34-37H2,1-3H3,(H2,33,46)(H,38,44)(H,39,48)(H,40,47)/t23-,24-,25-,28-/m0/s1. The highest BCUT2D eigenvalue weighted by molar-refractivity contribution is 7.98. The van der Waals surface area contributed by atoms with Gasteiger partial charge in [0.25, 0.3) is 11.8 Å². The Bertz CT molecular complexity index is 1470. The molecule has 0 aliphatic carbocycles. The van der Waals surface area contributed by atoms with Crippen molar-refractivity contribution in [3.05, 3.63) is 65.7 Å². The summed E-state index contributed by atoms with van der Waals surface area (Å²) in [4.78, 5) is 82.3. The van der Waals surface area contributed by atoms with E-state index in [1.807, 2.05) is 6.26 Å². The van der Waals surface area contributed by atoms with Crippen molar-refractivity contribution in [1.29, 1.82) is 0 Å². The van der Waals surface area contributed by atoms with Crippen molar-refractivity contribution in [2.45, 2.75) is 57.3 Å². The normalized spacial score (nSPS) is 13.3. The number of benzene rings is 2. The van der Waals surface area contributed by atoms with Crippen LogP contribution < -0.4 is 55.4 Å². The van der Waals surface area contributed by atoms with Crippen LogP contribution in [-0.4, -0.2) is 94.7 Å². The molecule has 0 aliphatic heterocycles. The molecule has 280 valence electrons. The zero-order valence-electron chi connectivity index (χ0n) is 28.9. The second-order valence-electron chi connectivity index (χ2n) is 11.9. The van der Waals surface area contributed by atoms with Crippen LogP contribution in [0.15, 0.2) is 54.6 Å². The average molecular weight is 732 g/mol. The topological polar surface area (TPSA) is 296 Å². The van der Waals surface area contributed by atoms with Gasteiger partial charge in [-0.05, 0) is 54.0 Å². The summed E-state index contributed by atoms with van der Waals surface area (Å²) < 4.78 is 0. The molecule has 2 aromatic rings.